The van der Waals surface area contributed by atoms with Gasteiger partial charge in [0.05, 0.1) is 30.2 Å². The summed E-state index contributed by atoms with van der Waals surface area (Å²) in [5.74, 6) is -2.05. The number of likely N-dealkylation sites (N-methyl/N-ethyl adjacent to an activating group) is 2. The minimum atomic E-state index is -3.85. The Labute approximate surface area is 145 Å². The van der Waals surface area contributed by atoms with Gasteiger partial charge in [0.15, 0.2) is 0 Å². The van der Waals surface area contributed by atoms with Crippen LogP contribution < -0.4 is 5.32 Å². The first-order valence-electron chi connectivity index (χ1n) is 7.61. The van der Waals surface area contributed by atoms with E-state index < -0.39 is 33.2 Å². The van der Waals surface area contributed by atoms with Gasteiger partial charge in [0.1, 0.15) is 5.82 Å². The molecule has 0 bridgehead atoms. The Morgan fingerprint density at radius 1 is 1.32 bits per heavy atom. The normalized spacial score (nSPS) is 15.6. The van der Waals surface area contributed by atoms with Crippen LogP contribution in [0.25, 0.3) is 0 Å². The molecule has 138 valence electrons. The molecule has 2 rings (SSSR count). The summed E-state index contributed by atoms with van der Waals surface area (Å²) >= 11 is 0. The number of rotatable bonds is 5. The van der Waals surface area contributed by atoms with Gasteiger partial charge < -0.3 is 15.0 Å². The van der Waals surface area contributed by atoms with Crippen molar-refractivity contribution in [3.63, 3.8) is 0 Å². The minimum absolute atomic E-state index is 0.174. The molecule has 1 aromatic rings. The largest absolute Gasteiger partial charge is 0.379 e. The maximum Gasteiger partial charge on any atom is 0.257 e. The standard InChI is InChI=1S/C15H20FN3O5S/c1-17-14(20)10-18(2)15(21)12-9-11(3-4-13(12)16)25(22,23)19-5-7-24-8-6-19/h3-4,9H,5-8,10H2,1-2H3,(H,17,20). The molecule has 2 amide bonds. The molecule has 1 aromatic carbocycles. The number of benzene rings is 1. The highest BCUT2D eigenvalue weighted by molar-refractivity contribution is 7.89. The van der Waals surface area contributed by atoms with E-state index >= 15 is 0 Å². The summed E-state index contributed by atoms with van der Waals surface area (Å²) in [5, 5.41) is 2.35. The molecule has 0 saturated carbocycles. The third-order valence-electron chi connectivity index (χ3n) is 3.78. The van der Waals surface area contributed by atoms with Gasteiger partial charge in [-0.05, 0) is 18.2 Å². The van der Waals surface area contributed by atoms with Crippen LogP contribution in [0.2, 0.25) is 0 Å². The Morgan fingerprint density at radius 2 is 1.96 bits per heavy atom. The van der Waals surface area contributed by atoms with Crippen molar-refractivity contribution in [2.45, 2.75) is 4.90 Å². The van der Waals surface area contributed by atoms with Crippen molar-refractivity contribution in [3.8, 4) is 0 Å². The summed E-state index contributed by atoms with van der Waals surface area (Å²) in [7, 11) is -1.10. The van der Waals surface area contributed by atoms with E-state index in [1.54, 1.807) is 0 Å². The molecule has 8 nitrogen and oxygen atoms in total. The molecule has 25 heavy (non-hydrogen) atoms. The Hall–Kier alpha value is -2.04. The number of carbonyl (C=O) groups is 2. The quantitative estimate of drug-likeness (QED) is 0.762. The number of ether oxygens (including phenoxy) is 1. The number of carbonyl (C=O) groups excluding carboxylic acids is 2. The smallest absolute Gasteiger partial charge is 0.257 e. The second kappa shape index (κ2) is 7.89. The number of morpholine rings is 1. The lowest BCUT2D eigenvalue weighted by molar-refractivity contribution is -0.121. The van der Waals surface area contributed by atoms with Crippen molar-refractivity contribution in [2.75, 3.05) is 46.9 Å². The fraction of sp³-hybridized carbons (Fsp3) is 0.467. The molecular weight excluding hydrogens is 353 g/mol. The second-order valence-electron chi connectivity index (χ2n) is 5.49. The van der Waals surface area contributed by atoms with Gasteiger partial charge in [-0.1, -0.05) is 0 Å². The number of hydrogen-bond acceptors (Lipinski definition) is 5. The zero-order valence-corrected chi connectivity index (χ0v) is 14.8. The molecule has 0 spiro atoms. The van der Waals surface area contributed by atoms with E-state index in [0.717, 1.165) is 23.1 Å². The fourth-order valence-electron chi connectivity index (χ4n) is 2.34. The van der Waals surface area contributed by atoms with Crippen LogP contribution in [0.4, 0.5) is 4.39 Å². The molecule has 1 fully saturated rings. The van der Waals surface area contributed by atoms with Crippen molar-refractivity contribution in [1.82, 2.24) is 14.5 Å². The van der Waals surface area contributed by atoms with E-state index in [1.807, 2.05) is 0 Å². The number of nitrogens with one attached hydrogen (secondary N) is 1. The molecule has 0 aliphatic carbocycles. The van der Waals surface area contributed by atoms with Crippen LogP contribution in [0.1, 0.15) is 10.4 Å². The predicted molar refractivity (Wildman–Crippen MR) is 87.0 cm³/mol. The summed E-state index contributed by atoms with van der Waals surface area (Å²) in [4.78, 5) is 24.6. The van der Waals surface area contributed by atoms with Crippen molar-refractivity contribution in [1.29, 1.82) is 0 Å². The number of hydrogen-bond donors (Lipinski definition) is 1. The van der Waals surface area contributed by atoms with Gasteiger partial charge in [-0.15, -0.1) is 0 Å². The average molecular weight is 373 g/mol. The lowest BCUT2D eigenvalue weighted by Crippen LogP contribution is -2.41. The molecule has 1 heterocycles. The van der Waals surface area contributed by atoms with Gasteiger partial charge in [-0.3, -0.25) is 9.59 Å². The van der Waals surface area contributed by atoms with E-state index in [2.05, 4.69) is 5.32 Å². The number of halogens is 1. The number of sulfonamides is 1. The van der Waals surface area contributed by atoms with E-state index in [9.17, 15) is 22.4 Å². The SMILES string of the molecule is CNC(=O)CN(C)C(=O)c1cc(S(=O)(=O)N2CCOCC2)ccc1F. The minimum Gasteiger partial charge on any atom is -0.379 e. The Balaban J connectivity index is 2.30. The first-order chi connectivity index (χ1) is 11.8. The van der Waals surface area contributed by atoms with Crippen LogP contribution in [-0.4, -0.2) is 76.4 Å². The van der Waals surface area contributed by atoms with E-state index in [1.165, 1.54) is 18.4 Å². The third-order valence-corrected chi connectivity index (χ3v) is 5.68. The van der Waals surface area contributed by atoms with Crippen molar-refractivity contribution in [2.24, 2.45) is 0 Å². The highest BCUT2D eigenvalue weighted by Crippen LogP contribution is 2.21. The van der Waals surface area contributed by atoms with Crippen LogP contribution in [0, 0.1) is 5.82 Å². The van der Waals surface area contributed by atoms with Gasteiger partial charge in [0.2, 0.25) is 15.9 Å². The molecule has 1 aliphatic rings. The lowest BCUT2D eigenvalue weighted by atomic mass is 10.2. The topological polar surface area (TPSA) is 96.0 Å². The van der Waals surface area contributed by atoms with Gasteiger partial charge in [-0.25, -0.2) is 12.8 Å². The number of amides is 2. The fourth-order valence-corrected chi connectivity index (χ4v) is 3.77. The van der Waals surface area contributed by atoms with E-state index in [-0.39, 0.29) is 37.7 Å². The Kier molecular flexibility index (Phi) is 6.09. The van der Waals surface area contributed by atoms with E-state index in [0.29, 0.717) is 0 Å². The third kappa shape index (κ3) is 4.33. The molecule has 1 aliphatic heterocycles. The zero-order chi connectivity index (χ0) is 18.6. The van der Waals surface area contributed by atoms with E-state index in [4.69, 9.17) is 4.74 Å². The highest BCUT2D eigenvalue weighted by Gasteiger charge is 2.28. The summed E-state index contributed by atoms with van der Waals surface area (Å²) in [6.07, 6.45) is 0. The van der Waals surface area contributed by atoms with Crippen LogP contribution in [0.5, 0.6) is 0 Å². The summed E-state index contributed by atoms with van der Waals surface area (Å²) in [6, 6.07) is 3.06. The molecule has 10 heteroatoms. The van der Waals surface area contributed by atoms with Gasteiger partial charge in [0.25, 0.3) is 5.91 Å². The second-order valence-corrected chi connectivity index (χ2v) is 7.43. The monoisotopic (exact) mass is 373 g/mol. The molecule has 1 saturated heterocycles. The Morgan fingerprint density at radius 3 is 2.56 bits per heavy atom. The van der Waals surface area contributed by atoms with Crippen LogP contribution in [0.3, 0.4) is 0 Å². The van der Waals surface area contributed by atoms with Crippen molar-refractivity contribution in [3.05, 3.63) is 29.6 Å². The van der Waals surface area contributed by atoms with Gasteiger partial charge in [-0.2, -0.15) is 4.31 Å². The summed E-state index contributed by atoms with van der Waals surface area (Å²) in [5.41, 5.74) is -0.402. The van der Waals surface area contributed by atoms with Crippen molar-refractivity contribution < 1.29 is 27.1 Å². The molecule has 0 radical (unpaired) electrons. The molecule has 1 N–H and O–H groups in total. The van der Waals surface area contributed by atoms with Gasteiger partial charge in [0, 0.05) is 27.2 Å². The maximum absolute atomic E-state index is 14.1. The van der Waals surface area contributed by atoms with Crippen molar-refractivity contribution >= 4 is 21.8 Å². The predicted octanol–water partition coefficient (Wildman–Crippen LogP) is -0.335. The summed E-state index contributed by atoms with van der Waals surface area (Å²) < 4.78 is 45.7. The van der Waals surface area contributed by atoms with Crippen LogP contribution in [-0.2, 0) is 19.6 Å². The molecule has 0 unspecified atom stereocenters. The van der Waals surface area contributed by atoms with Gasteiger partial charge >= 0.3 is 0 Å². The average Bonchev–Trinajstić information content (AvgIpc) is 2.61. The lowest BCUT2D eigenvalue weighted by Gasteiger charge is -2.26. The van der Waals surface area contributed by atoms with Crippen LogP contribution >= 0.6 is 0 Å². The zero-order valence-electron chi connectivity index (χ0n) is 14.0. The first-order valence-corrected chi connectivity index (χ1v) is 9.05. The van der Waals surface area contributed by atoms with Crippen LogP contribution in [0.15, 0.2) is 23.1 Å². The summed E-state index contributed by atoms with van der Waals surface area (Å²) in [6.45, 7) is 0.677. The highest BCUT2D eigenvalue weighted by atomic mass is 32.2. The molecule has 0 atom stereocenters. The Bertz CT molecular complexity index is 762. The first kappa shape index (κ1) is 19.3. The number of nitrogens with zero attached hydrogens (tertiary/aromatic N) is 2. The molecule has 0 aromatic heterocycles. The molecular formula is C15H20FN3O5S. The maximum atomic E-state index is 14.1.